The molecule has 3 aromatic heterocycles. The third kappa shape index (κ3) is 3.10. The molecule has 8 heteroatoms. The number of rotatable bonds is 4. The molecule has 0 bridgehead atoms. The van der Waals surface area contributed by atoms with Crippen LogP contribution >= 0.6 is 0 Å². The Morgan fingerprint density at radius 2 is 2.04 bits per heavy atom. The number of imidazole rings is 1. The van der Waals surface area contributed by atoms with Gasteiger partial charge in [0.1, 0.15) is 17.6 Å². The summed E-state index contributed by atoms with van der Waals surface area (Å²) in [6, 6.07) is 10.9. The van der Waals surface area contributed by atoms with Crippen LogP contribution in [0.1, 0.15) is 30.9 Å². The number of hydrogen-bond donors (Lipinski definition) is 1. The second kappa shape index (κ2) is 6.96. The van der Waals surface area contributed by atoms with Crippen molar-refractivity contribution >= 4 is 11.2 Å². The largest absolute Gasteiger partial charge is 0.439 e. The van der Waals surface area contributed by atoms with Crippen molar-refractivity contribution in [2.75, 3.05) is 0 Å². The van der Waals surface area contributed by atoms with Crippen LogP contribution in [0.25, 0.3) is 16.9 Å². The maximum absolute atomic E-state index is 12.2. The lowest BCUT2D eigenvalue weighted by molar-refractivity contribution is 0.461. The SMILES string of the molecule is CC(C)c1cc(Oc2ccc(-n3c(=O)[nH]c4cncnc43)cn2)ccc1C#N. The van der Waals surface area contributed by atoms with Crippen molar-refractivity contribution < 1.29 is 4.74 Å². The van der Waals surface area contributed by atoms with Crippen molar-refractivity contribution in [3.8, 4) is 23.4 Å². The van der Waals surface area contributed by atoms with E-state index in [-0.39, 0.29) is 11.6 Å². The Morgan fingerprint density at radius 1 is 1.18 bits per heavy atom. The number of aromatic nitrogens is 5. The molecule has 0 saturated heterocycles. The van der Waals surface area contributed by atoms with Gasteiger partial charge in [0, 0.05) is 6.07 Å². The van der Waals surface area contributed by atoms with E-state index < -0.39 is 0 Å². The van der Waals surface area contributed by atoms with E-state index in [9.17, 15) is 10.1 Å². The minimum absolute atomic E-state index is 0.198. The number of H-pyrrole nitrogens is 1. The third-order valence-corrected chi connectivity index (χ3v) is 4.31. The van der Waals surface area contributed by atoms with Crippen molar-refractivity contribution in [2.24, 2.45) is 0 Å². The molecule has 4 aromatic rings. The van der Waals surface area contributed by atoms with E-state index in [0.29, 0.717) is 34.0 Å². The van der Waals surface area contributed by atoms with E-state index in [4.69, 9.17) is 4.74 Å². The van der Waals surface area contributed by atoms with Gasteiger partial charge in [0.2, 0.25) is 5.88 Å². The lowest BCUT2D eigenvalue weighted by Gasteiger charge is -2.11. The van der Waals surface area contributed by atoms with Gasteiger partial charge < -0.3 is 9.72 Å². The van der Waals surface area contributed by atoms with Gasteiger partial charge in [0.15, 0.2) is 5.65 Å². The summed E-state index contributed by atoms with van der Waals surface area (Å²) in [5.74, 6) is 1.18. The number of nitrogens with zero attached hydrogens (tertiary/aromatic N) is 5. The van der Waals surface area contributed by atoms with E-state index >= 15 is 0 Å². The van der Waals surface area contributed by atoms with Crippen molar-refractivity contribution in [3.05, 3.63) is 70.7 Å². The fraction of sp³-hybridized carbons (Fsp3) is 0.150. The minimum atomic E-state index is -0.320. The smallest absolute Gasteiger partial charge is 0.332 e. The van der Waals surface area contributed by atoms with E-state index in [2.05, 4.69) is 26.0 Å². The third-order valence-electron chi connectivity index (χ3n) is 4.31. The lowest BCUT2D eigenvalue weighted by Crippen LogP contribution is -2.15. The molecule has 1 aromatic carbocycles. The van der Waals surface area contributed by atoms with Crippen LogP contribution < -0.4 is 10.4 Å². The summed E-state index contributed by atoms with van der Waals surface area (Å²) in [5.41, 5.74) is 2.81. The molecule has 0 saturated carbocycles. The van der Waals surface area contributed by atoms with E-state index in [1.165, 1.54) is 10.9 Å². The van der Waals surface area contributed by atoms with Crippen LogP contribution in [0.2, 0.25) is 0 Å². The predicted octanol–water partition coefficient (Wildman–Crippen LogP) is 3.29. The molecule has 1 N–H and O–H groups in total. The van der Waals surface area contributed by atoms with Gasteiger partial charge in [-0.25, -0.2) is 24.3 Å². The fourth-order valence-corrected chi connectivity index (χ4v) is 2.97. The monoisotopic (exact) mass is 372 g/mol. The quantitative estimate of drug-likeness (QED) is 0.589. The Hall–Kier alpha value is -3.99. The topological polar surface area (TPSA) is 109 Å². The molecule has 0 aliphatic rings. The average molecular weight is 372 g/mol. The average Bonchev–Trinajstić information content (AvgIpc) is 3.04. The molecular formula is C20H16N6O2. The zero-order valence-corrected chi connectivity index (χ0v) is 15.2. The number of fused-ring (bicyclic) bond motifs is 1. The predicted molar refractivity (Wildman–Crippen MR) is 103 cm³/mol. The van der Waals surface area contributed by atoms with Gasteiger partial charge in [-0.3, -0.25) is 0 Å². The Morgan fingerprint density at radius 3 is 2.75 bits per heavy atom. The van der Waals surface area contributed by atoms with Crippen LogP contribution in [-0.4, -0.2) is 24.5 Å². The van der Waals surface area contributed by atoms with Gasteiger partial charge >= 0.3 is 5.69 Å². The maximum Gasteiger partial charge on any atom is 0.332 e. The molecule has 28 heavy (non-hydrogen) atoms. The number of nitrogens with one attached hydrogen (secondary N) is 1. The Kier molecular flexibility index (Phi) is 4.33. The molecule has 0 fully saturated rings. The molecular weight excluding hydrogens is 356 g/mol. The highest BCUT2D eigenvalue weighted by molar-refractivity contribution is 5.71. The summed E-state index contributed by atoms with van der Waals surface area (Å²) in [7, 11) is 0. The molecule has 0 spiro atoms. The summed E-state index contributed by atoms with van der Waals surface area (Å²) in [4.78, 5) is 27.3. The van der Waals surface area contributed by atoms with Gasteiger partial charge in [-0.1, -0.05) is 13.8 Å². The van der Waals surface area contributed by atoms with Gasteiger partial charge in [-0.15, -0.1) is 0 Å². The highest BCUT2D eigenvalue weighted by atomic mass is 16.5. The van der Waals surface area contributed by atoms with Gasteiger partial charge in [-0.05, 0) is 35.7 Å². The summed E-state index contributed by atoms with van der Waals surface area (Å²) < 4.78 is 7.24. The first kappa shape index (κ1) is 17.4. The van der Waals surface area contributed by atoms with Crippen LogP contribution in [0.15, 0.2) is 53.8 Å². The summed E-state index contributed by atoms with van der Waals surface area (Å²) in [6.45, 7) is 4.05. The molecule has 0 aliphatic heterocycles. The van der Waals surface area contributed by atoms with E-state index in [0.717, 1.165) is 5.56 Å². The summed E-state index contributed by atoms with van der Waals surface area (Å²) in [5, 5.41) is 9.22. The van der Waals surface area contributed by atoms with Crippen LogP contribution in [0.3, 0.4) is 0 Å². The zero-order chi connectivity index (χ0) is 19.7. The van der Waals surface area contributed by atoms with E-state index in [1.807, 2.05) is 19.9 Å². The number of hydrogen-bond acceptors (Lipinski definition) is 6. The first-order valence-electron chi connectivity index (χ1n) is 8.66. The fourth-order valence-electron chi connectivity index (χ4n) is 2.97. The first-order valence-corrected chi connectivity index (χ1v) is 8.66. The van der Waals surface area contributed by atoms with Crippen LogP contribution in [0, 0.1) is 11.3 Å². The number of nitriles is 1. The summed E-state index contributed by atoms with van der Waals surface area (Å²) >= 11 is 0. The summed E-state index contributed by atoms with van der Waals surface area (Å²) in [6.07, 6.45) is 4.47. The number of aromatic amines is 1. The van der Waals surface area contributed by atoms with Crippen LogP contribution in [-0.2, 0) is 0 Å². The van der Waals surface area contributed by atoms with Crippen LogP contribution in [0.4, 0.5) is 0 Å². The number of ether oxygens (including phenoxy) is 1. The molecule has 0 radical (unpaired) electrons. The van der Waals surface area contributed by atoms with Gasteiger partial charge in [0.25, 0.3) is 0 Å². The molecule has 8 nitrogen and oxygen atoms in total. The van der Waals surface area contributed by atoms with Crippen LogP contribution in [0.5, 0.6) is 11.6 Å². The van der Waals surface area contributed by atoms with Crippen molar-refractivity contribution in [3.63, 3.8) is 0 Å². The van der Waals surface area contributed by atoms with Gasteiger partial charge in [0.05, 0.1) is 29.7 Å². The van der Waals surface area contributed by atoms with Crippen molar-refractivity contribution in [1.29, 1.82) is 5.26 Å². The molecule has 4 rings (SSSR count). The second-order valence-electron chi connectivity index (χ2n) is 6.50. The van der Waals surface area contributed by atoms with Gasteiger partial charge in [-0.2, -0.15) is 5.26 Å². The normalized spacial score (nSPS) is 10.9. The Balaban J connectivity index is 1.64. The lowest BCUT2D eigenvalue weighted by atomic mass is 9.98. The zero-order valence-electron chi connectivity index (χ0n) is 15.2. The van der Waals surface area contributed by atoms with E-state index in [1.54, 1.807) is 36.7 Å². The highest BCUT2D eigenvalue weighted by Gasteiger charge is 2.12. The Labute approximate surface area is 160 Å². The number of pyridine rings is 1. The first-order chi connectivity index (χ1) is 13.6. The maximum atomic E-state index is 12.2. The standard InChI is InChI=1S/C20H16N6O2/c1-12(2)16-7-15(5-3-13(16)8-21)28-18-6-4-14(9-23-18)26-19-17(25-20(26)27)10-22-11-24-19/h3-7,9-12H,1-2H3,(H,25,27). The van der Waals surface area contributed by atoms with Crippen molar-refractivity contribution in [1.82, 2.24) is 24.5 Å². The Bertz CT molecular complexity index is 1250. The highest BCUT2D eigenvalue weighted by Crippen LogP contribution is 2.27. The molecule has 138 valence electrons. The van der Waals surface area contributed by atoms with Crippen molar-refractivity contribution in [2.45, 2.75) is 19.8 Å². The molecule has 0 aliphatic carbocycles. The second-order valence-corrected chi connectivity index (χ2v) is 6.50. The minimum Gasteiger partial charge on any atom is -0.439 e. The number of benzene rings is 1. The molecule has 0 unspecified atom stereocenters. The molecule has 0 atom stereocenters. The molecule has 0 amide bonds. The molecule has 3 heterocycles.